The number of oxazole rings is 1. The summed E-state index contributed by atoms with van der Waals surface area (Å²) in [5.74, 6) is 2.34. The summed E-state index contributed by atoms with van der Waals surface area (Å²) in [5, 5.41) is 6.56. The van der Waals surface area contributed by atoms with Crippen LogP contribution in [0.2, 0.25) is 0 Å². The van der Waals surface area contributed by atoms with Crippen LogP contribution in [0.15, 0.2) is 15.6 Å². The minimum absolute atomic E-state index is 0.0239. The molecule has 0 radical (unpaired) electrons. The average molecular weight is 309 g/mol. The molecule has 126 valence electrons. The Labute approximate surface area is 134 Å². The Balaban J connectivity index is 2.52. The molecule has 6 heteroatoms. The minimum Gasteiger partial charge on any atom is -0.443 e. The Morgan fingerprint density at radius 2 is 2.05 bits per heavy atom. The Hall–Kier alpha value is -1.56. The monoisotopic (exact) mass is 309 g/mol. The van der Waals surface area contributed by atoms with E-state index in [1.807, 2.05) is 0 Å². The summed E-state index contributed by atoms with van der Waals surface area (Å²) in [4.78, 5) is 11.0. The smallest absolute Gasteiger partial charge is 0.216 e. The molecule has 0 amide bonds. The highest BCUT2D eigenvalue weighted by molar-refractivity contribution is 5.79. The van der Waals surface area contributed by atoms with Crippen LogP contribution in [-0.4, -0.2) is 49.6 Å². The van der Waals surface area contributed by atoms with Crippen LogP contribution in [0.1, 0.15) is 45.8 Å². The van der Waals surface area contributed by atoms with Crippen molar-refractivity contribution in [2.75, 3.05) is 33.7 Å². The van der Waals surface area contributed by atoms with E-state index < -0.39 is 0 Å². The third kappa shape index (κ3) is 6.93. The summed E-state index contributed by atoms with van der Waals surface area (Å²) < 4.78 is 5.75. The maximum Gasteiger partial charge on any atom is 0.216 e. The van der Waals surface area contributed by atoms with Gasteiger partial charge in [0.05, 0.1) is 6.20 Å². The second-order valence-electron chi connectivity index (χ2n) is 6.65. The quantitative estimate of drug-likeness (QED) is 0.458. The maximum absolute atomic E-state index is 5.75. The summed E-state index contributed by atoms with van der Waals surface area (Å²) >= 11 is 0. The topological polar surface area (TPSA) is 65.7 Å². The molecule has 1 rings (SSSR count). The number of nitrogens with zero attached hydrogens (tertiary/aromatic N) is 3. The van der Waals surface area contributed by atoms with Crippen LogP contribution in [0.5, 0.6) is 0 Å². The molecule has 22 heavy (non-hydrogen) atoms. The molecular formula is C16H31N5O. The van der Waals surface area contributed by atoms with Gasteiger partial charge in [0, 0.05) is 18.5 Å². The van der Waals surface area contributed by atoms with Gasteiger partial charge in [0.25, 0.3) is 0 Å². The van der Waals surface area contributed by atoms with Crippen molar-refractivity contribution in [2.24, 2.45) is 4.99 Å². The number of hydrogen-bond acceptors (Lipinski definition) is 4. The first-order valence-electron chi connectivity index (χ1n) is 7.95. The fraction of sp³-hybridized carbons (Fsp3) is 0.750. The number of nitrogens with one attached hydrogen (secondary N) is 2. The second kappa shape index (κ2) is 8.78. The van der Waals surface area contributed by atoms with Crippen molar-refractivity contribution >= 4 is 5.96 Å². The zero-order chi connectivity index (χ0) is 16.6. The number of guanidine groups is 1. The van der Waals surface area contributed by atoms with E-state index in [-0.39, 0.29) is 5.41 Å². The lowest BCUT2D eigenvalue weighted by Gasteiger charge is -2.13. The second-order valence-corrected chi connectivity index (χ2v) is 6.65. The summed E-state index contributed by atoms with van der Waals surface area (Å²) in [7, 11) is 4.16. The molecule has 1 aromatic rings. The van der Waals surface area contributed by atoms with Crippen LogP contribution >= 0.6 is 0 Å². The molecule has 0 unspecified atom stereocenters. The zero-order valence-electron chi connectivity index (χ0n) is 14.9. The summed E-state index contributed by atoms with van der Waals surface area (Å²) in [5.41, 5.74) is -0.0239. The Morgan fingerprint density at radius 3 is 2.59 bits per heavy atom. The average Bonchev–Trinajstić information content (AvgIpc) is 2.89. The van der Waals surface area contributed by atoms with E-state index in [1.54, 1.807) is 6.20 Å². The van der Waals surface area contributed by atoms with Crippen molar-refractivity contribution in [3.63, 3.8) is 0 Å². The number of aliphatic imine (C=N–C) groups is 1. The highest BCUT2D eigenvalue weighted by Gasteiger charge is 2.18. The van der Waals surface area contributed by atoms with E-state index in [2.05, 4.69) is 67.3 Å². The Bertz CT molecular complexity index is 459. The lowest BCUT2D eigenvalue weighted by atomic mass is 9.94. The molecule has 1 aromatic heterocycles. The van der Waals surface area contributed by atoms with E-state index in [0.29, 0.717) is 12.4 Å². The largest absolute Gasteiger partial charge is 0.443 e. The molecule has 0 aliphatic heterocycles. The van der Waals surface area contributed by atoms with E-state index in [4.69, 9.17) is 4.42 Å². The first-order chi connectivity index (χ1) is 10.3. The van der Waals surface area contributed by atoms with Gasteiger partial charge in [-0.3, -0.25) is 0 Å². The predicted octanol–water partition coefficient (Wildman–Crippen LogP) is 1.98. The zero-order valence-corrected chi connectivity index (χ0v) is 14.9. The summed E-state index contributed by atoms with van der Waals surface area (Å²) in [6, 6.07) is 0. The standard InChI is InChI=1S/C16H31N5O/c1-7-17-15(18-9-8-10-21(5)6)20-12-14-19-11-13(22-14)16(2,3)4/h11H,7-10,12H2,1-6H3,(H2,17,18,20). The Morgan fingerprint density at radius 1 is 1.32 bits per heavy atom. The lowest BCUT2D eigenvalue weighted by molar-refractivity contribution is 0.383. The summed E-state index contributed by atoms with van der Waals surface area (Å²) in [6.45, 7) is 11.6. The molecule has 2 N–H and O–H groups in total. The van der Waals surface area contributed by atoms with E-state index in [0.717, 1.165) is 37.8 Å². The molecule has 6 nitrogen and oxygen atoms in total. The normalized spacial score (nSPS) is 12.8. The van der Waals surface area contributed by atoms with Gasteiger partial charge in [0.15, 0.2) is 5.96 Å². The molecule has 1 heterocycles. The van der Waals surface area contributed by atoms with Crippen LogP contribution in [0.25, 0.3) is 0 Å². The molecule has 0 spiro atoms. The maximum atomic E-state index is 5.75. The first-order valence-corrected chi connectivity index (χ1v) is 7.95. The van der Waals surface area contributed by atoms with Gasteiger partial charge in [0.2, 0.25) is 5.89 Å². The van der Waals surface area contributed by atoms with Gasteiger partial charge in [0.1, 0.15) is 12.3 Å². The third-order valence-corrected chi connectivity index (χ3v) is 3.08. The number of hydrogen-bond donors (Lipinski definition) is 2. The van der Waals surface area contributed by atoms with E-state index in [1.165, 1.54) is 0 Å². The lowest BCUT2D eigenvalue weighted by Crippen LogP contribution is -2.38. The van der Waals surface area contributed by atoms with Crippen LogP contribution in [0, 0.1) is 0 Å². The predicted molar refractivity (Wildman–Crippen MR) is 91.2 cm³/mol. The van der Waals surface area contributed by atoms with Gasteiger partial charge >= 0.3 is 0 Å². The van der Waals surface area contributed by atoms with Gasteiger partial charge in [-0.05, 0) is 34.0 Å². The van der Waals surface area contributed by atoms with Crippen LogP contribution in [0.3, 0.4) is 0 Å². The van der Waals surface area contributed by atoms with Crippen LogP contribution in [0.4, 0.5) is 0 Å². The third-order valence-electron chi connectivity index (χ3n) is 3.08. The van der Waals surface area contributed by atoms with Gasteiger partial charge in [-0.15, -0.1) is 0 Å². The highest BCUT2D eigenvalue weighted by atomic mass is 16.4. The number of rotatable bonds is 7. The molecule has 0 aliphatic rings. The van der Waals surface area contributed by atoms with Crippen molar-refractivity contribution in [2.45, 2.75) is 46.1 Å². The minimum atomic E-state index is -0.0239. The molecule has 0 saturated carbocycles. The van der Waals surface area contributed by atoms with Gasteiger partial charge in [-0.2, -0.15) is 0 Å². The molecule has 0 aromatic carbocycles. The van der Waals surface area contributed by atoms with Crippen LogP contribution in [-0.2, 0) is 12.0 Å². The highest BCUT2D eigenvalue weighted by Crippen LogP contribution is 2.22. The molecular weight excluding hydrogens is 278 g/mol. The summed E-state index contributed by atoms with van der Waals surface area (Å²) in [6.07, 6.45) is 2.87. The van der Waals surface area contributed by atoms with Crippen molar-refractivity contribution in [1.82, 2.24) is 20.5 Å². The SMILES string of the molecule is CCNC(=NCc1ncc(C(C)(C)C)o1)NCCCN(C)C. The van der Waals surface area contributed by atoms with Gasteiger partial charge < -0.3 is 20.0 Å². The van der Waals surface area contributed by atoms with Crippen molar-refractivity contribution in [1.29, 1.82) is 0 Å². The molecule has 0 atom stereocenters. The first kappa shape index (κ1) is 18.5. The van der Waals surface area contributed by atoms with Gasteiger partial charge in [-0.25, -0.2) is 9.98 Å². The molecule has 0 bridgehead atoms. The van der Waals surface area contributed by atoms with Gasteiger partial charge in [-0.1, -0.05) is 20.8 Å². The fourth-order valence-corrected chi connectivity index (χ4v) is 1.82. The van der Waals surface area contributed by atoms with E-state index in [9.17, 15) is 0 Å². The van der Waals surface area contributed by atoms with Crippen molar-refractivity contribution in [3.8, 4) is 0 Å². The number of aromatic nitrogens is 1. The molecule has 0 aliphatic carbocycles. The van der Waals surface area contributed by atoms with E-state index >= 15 is 0 Å². The fourth-order valence-electron chi connectivity index (χ4n) is 1.82. The molecule has 0 fully saturated rings. The van der Waals surface area contributed by atoms with Crippen LogP contribution < -0.4 is 10.6 Å². The van der Waals surface area contributed by atoms with Crippen molar-refractivity contribution in [3.05, 3.63) is 17.8 Å². The van der Waals surface area contributed by atoms with Crippen molar-refractivity contribution < 1.29 is 4.42 Å². The Kier molecular flexibility index (Phi) is 7.38. The molecule has 0 saturated heterocycles.